The minimum absolute atomic E-state index is 0.306. The molecule has 2 rings (SSSR count). The molecule has 0 amide bonds. The van der Waals surface area contributed by atoms with E-state index in [0.717, 1.165) is 5.56 Å². The fourth-order valence-electron chi connectivity index (χ4n) is 1.79. The van der Waals surface area contributed by atoms with Crippen molar-refractivity contribution >= 4 is 11.6 Å². The zero-order valence-electron chi connectivity index (χ0n) is 10.3. The van der Waals surface area contributed by atoms with Gasteiger partial charge in [-0.3, -0.25) is 0 Å². The van der Waals surface area contributed by atoms with Crippen LogP contribution in [0.15, 0.2) is 48.5 Å². The van der Waals surface area contributed by atoms with Gasteiger partial charge >= 0.3 is 0 Å². The maximum Gasteiger partial charge on any atom is 0.123 e. The first-order chi connectivity index (χ1) is 9.16. The van der Waals surface area contributed by atoms with Gasteiger partial charge < -0.3 is 10.4 Å². The predicted octanol–water partition coefficient (Wildman–Crippen LogP) is 3.30. The minimum atomic E-state index is -0.664. The van der Waals surface area contributed by atoms with Crippen LogP contribution in [0.2, 0.25) is 5.02 Å². The lowest BCUT2D eigenvalue weighted by molar-refractivity contribution is 0.174. The maximum absolute atomic E-state index is 12.8. The van der Waals surface area contributed by atoms with Crippen LogP contribution in [0.4, 0.5) is 4.39 Å². The number of benzene rings is 2. The summed E-state index contributed by atoms with van der Waals surface area (Å²) in [5, 5.41) is 13.8. The molecule has 0 fully saturated rings. The molecule has 1 atom stereocenters. The molecule has 0 radical (unpaired) electrons. The molecule has 0 heterocycles. The second-order valence-corrected chi connectivity index (χ2v) is 4.70. The van der Waals surface area contributed by atoms with E-state index in [4.69, 9.17) is 11.6 Å². The molecule has 2 aromatic carbocycles. The SMILES string of the molecule is OC(CNCc1ccccc1Cl)c1ccc(F)cc1. The van der Waals surface area contributed by atoms with Crippen molar-refractivity contribution in [1.82, 2.24) is 5.32 Å². The number of rotatable bonds is 5. The fourth-order valence-corrected chi connectivity index (χ4v) is 1.99. The zero-order chi connectivity index (χ0) is 13.7. The second kappa shape index (κ2) is 6.66. The van der Waals surface area contributed by atoms with Crippen molar-refractivity contribution in [3.8, 4) is 0 Å². The molecule has 2 nitrogen and oxygen atoms in total. The van der Waals surface area contributed by atoms with Crippen LogP contribution < -0.4 is 5.32 Å². The Kier molecular flexibility index (Phi) is 4.91. The molecular weight excluding hydrogens is 265 g/mol. The van der Waals surface area contributed by atoms with E-state index >= 15 is 0 Å². The molecular formula is C15H15ClFNO. The molecule has 0 saturated heterocycles. The standard InChI is InChI=1S/C15H15ClFNO/c16-14-4-2-1-3-12(14)9-18-10-15(19)11-5-7-13(17)8-6-11/h1-8,15,18-19H,9-10H2. The minimum Gasteiger partial charge on any atom is -0.387 e. The van der Waals surface area contributed by atoms with Gasteiger partial charge in [-0.05, 0) is 29.3 Å². The summed E-state index contributed by atoms with van der Waals surface area (Å²) in [6.45, 7) is 0.967. The Hall–Kier alpha value is -1.42. The molecule has 2 aromatic rings. The lowest BCUT2D eigenvalue weighted by Crippen LogP contribution is -2.21. The Balaban J connectivity index is 1.86. The number of hydrogen-bond acceptors (Lipinski definition) is 2. The summed E-state index contributed by atoms with van der Waals surface area (Å²) >= 11 is 6.03. The molecule has 100 valence electrons. The number of hydrogen-bond donors (Lipinski definition) is 2. The van der Waals surface area contributed by atoms with Crippen molar-refractivity contribution in [3.63, 3.8) is 0 Å². The Morgan fingerprint density at radius 3 is 2.47 bits per heavy atom. The van der Waals surface area contributed by atoms with E-state index in [-0.39, 0.29) is 5.82 Å². The van der Waals surface area contributed by atoms with Gasteiger partial charge in [-0.1, -0.05) is 41.9 Å². The summed E-state index contributed by atoms with van der Waals surface area (Å²) in [6.07, 6.45) is -0.664. The summed E-state index contributed by atoms with van der Waals surface area (Å²) in [6, 6.07) is 13.4. The van der Waals surface area contributed by atoms with E-state index in [1.54, 1.807) is 12.1 Å². The normalized spacial score (nSPS) is 12.4. The lowest BCUT2D eigenvalue weighted by atomic mass is 10.1. The topological polar surface area (TPSA) is 32.3 Å². The van der Waals surface area contributed by atoms with Gasteiger partial charge in [0, 0.05) is 18.1 Å². The summed E-state index contributed by atoms with van der Waals surface area (Å²) in [5.41, 5.74) is 1.67. The number of aliphatic hydroxyl groups is 1. The molecule has 0 aliphatic carbocycles. The maximum atomic E-state index is 12.8. The van der Waals surface area contributed by atoms with Crippen LogP contribution in [0.3, 0.4) is 0 Å². The summed E-state index contributed by atoms with van der Waals surface area (Å²) in [4.78, 5) is 0. The second-order valence-electron chi connectivity index (χ2n) is 4.29. The van der Waals surface area contributed by atoms with Gasteiger partial charge in [-0.25, -0.2) is 4.39 Å². The summed E-state index contributed by atoms with van der Waals surface area (Å²) in [7, 11) is 0. The summed E-state index contributed by atoms with van der Waals surface area (Å²) < 4.78 is 12.8. The molecule has 4 heteroatoms. The average Bonchev–Trinajstić information content (AvgIpc) is 2.41. The van der Waals surface area contributed by atoms with E-state index in [1.807, 2.05) is 24.3 Å². The van der Waals surface area contributed by atoms with Crippen LogP contribution in [-0.4, -0.2) is 11.7 Å². The van der Waals surface area contributed by atoms with Crippen molar-refractivity contribution in [3.05, 3.63) is 70.5 Å². The quantitative estimate of drug-likeness (QED) is 0.880. The molecule has 0 aliphatic rings. The highest BCUT2D eigenvalue weighted by atomic mass is 35.5. The molecule has 0 spiro atoms. The number of halogens is 2. The average molecular weight is 280 g/mol. The highest BCUT2D eigenvalue weighted by molar-refractivity contribution is 6.31. The van der Waals surface area contributed by atoms with Crippen LogP contribution in [0.1, 0.15) is 17.2 Å². The first-order valence-corrected chi connectivity index (χ1v) is 6.42. The van der Waals surface area contributed by atoms with E-state index in [1.165, 1.54) is 12.1 Å². The smallest absolute Gasteiger partial charge is 0.123 e. The monoisotopic (exact) mass is 279 g/mol. The van der Waals surface area contributed by atoms with Crippen molar-refractivity contribution in [2.75, 3.05) is 6.54 Å². The Bertz CT molecular complexity index is 530. The van der Waals surface area contributed by atoms with Gasteiger partial charge in [-0.15, -0.1) is 0 Å². The highest BCUT2D eigenvalue weighted by Gasteiger charge is 2.07. The van der Waals surface area contributed by atoms with E-state index in [2.05, 4.69) is 5.32 Å². The third kappa shape index (κ3) is 4.03. The first kappa shape index (κ1) is 14.0. The molecule has 2 N–H and O–H groups in total. The van der Waals surface area contributed by atoms with Gasteiger partial charge in [0.1, 0.15) is 5.82 Å². The molecule has 1 unspecified atom stereocenters. The van der Waals surface area contributed by atoms with Gasteiger partial charge in [0.05, 0.1) is 6.10 Å². The van der Waals surface area contributed by atoms with Crippen LogP contribution in [0.25, 0.3) is 0 Å². The molecule has 0 aliphatic heterocycles. The Morgan fingerprint density at radius 1 is 1.11 bits per heavy atom. The van der Waals surface area contributed by atoms with Crippen LogP contribution >= 0.6 is 11.6 Å². The summed E-state index contributed by atoms with van der Waals surface area (Å²) in [5.74, 6) is -0.306. The van der Waals surface area contributed by atoms with Gasteiger partial charge in [0.2, 0.25) is 0 Å². The molecule has 0 saturated carbocycles. The molecule has 0 bridgehead atoms. The van der Waals surface area contributed by atoms with Crippen molar-refractivity contribution in [1.29, 1.82) is 0 Å². The van der Waals surface area contributed by atoms with Gasteiger partial charge in [0.15, 0.2) is 0 Å². The van der Waals surface area contributed by atoms with Crippen molar-refractivity contribution in [2.45, 2.75) is 12.6 Å². The Labute approximate surface area is 116 Å². The van der Waals surface area contributed by atoms with Crippen molar-refractivity contribution < 1.29 is 9.50 Å². The van der Waals surface area contributed by atoms with Crippen LogP contribution in [0, 0.1) is 5.82 Å². The predicted molar refractivity (Wildman–Crippen MR) is 74.5 cm³/mol. The van der Waals surface area contributed by atoms with E-state index < -0.39 is 6.10 Å². The molecule has 0 aromatic heterocycles. The number of nitrogens with one attached hydrogen (secondary N) is 1. The van der Waals surface area contributed by atoms with Gasteiger partial charge in [0.25, 0.3) is 0 Å². The largest absolute Gasteiger partial charge is 0.387 e. The lowest BCUT2D eigenvalue weighted by Gasteiger charge is -2.12. The van der Waals surface area contributed by atoms with E-state index in [0.29, 0.717) is 23.7 Å². The van der Waals surface area contributed by atoms with Crippen LogP contribution in [-0.2, 0) is 6.54 Å². The Morgan fingerprint density at radius 2 is 1.79 bits per heavy atom. The van der Waals surface area contributed by atoms with Gasteiger partial charge in [-0.2, -0.15) is 0 Å². The highest BCUT2D eigenvalue weighted by Crippen LogP contribution is 2.15. The van der Waals surface area contributed by atoms with E-state index in [9.17, 15) is 9.50 Å². The first-order valence-electron chi connectivity index (χ1n) is 6.04. The zero-order valence-corrected chi connectivity index (χ0v) is 11.1. The third-order valence-electron chi connectivity index (χ3n) is 2.87. The number of aliphatic hydroxyl groups excluding tert-OH is 1. The molecule has 19 heavy (non-hydrogen) atoms. The van der Waals surface area contributed by atoms with Crippen LogP contribution in [0.5, 0.6) is 0 Å². The third-order valence-corrected chi connectivity index (χ3v) is 3.23. The van der Waals surface area contributed by atoms with Crippen molar-refractivity contribution in [2.24, 2.45) is 0 Å². The fraction of sp³-hybridized carbons (Fsp3) is 0.200.